The Morgan fingerprint density at radius 3 is 2.81 bits per heavy atom. The van der Waals surface area contributed by atoms with Crippen LogP contribution in [0, 0.1) is 0 Å². The van der Waals surface area contributed by atoms with Crippen molar-refractivity contribution in [1.29, 1.82) is 0 Å². The van der Waals surface area contributed by atoms with Gasteiger partial charge in [0.05, 0.1) is 18.3 Å². The largest absolute Gasteiger partial charge is 0.383 e. The van der Waals surface area contributed by atoms with Crippen molar-refractivity contribution in [1.82, 2.24) is 10.3 Å². The van der Waals surface area contributed by atoms with Crippen molar-refractivity contribution in [2.24, 2.45) is 0 Å². The van der Waals surface area contributed by atoms with E-state index in [-0.39, 0.29) is 6.04 Å². The highest BCUT2D eigenvalue weighted by molar-refractivity contribution is 5.92. The SMILES string of the molecule is CCNCc1cc2ccccc2c(N(C)C(C)COC)n1. The Morgan fingerprint density at radius 2 is 2.10 bits per heavy atom. The van der Waals surface area contributed by atoms with E-state index in [0.29, 0.717) is 6.61 Å². The molecule has 21 heavy (non-hydrogen) atoms. The Labute approximate surface area is 127 Å². The maximum absolute atomic E-state index is 5.27. The first-order valence-corrected chi connectivity index (χ1v) is 7.48. The number of rotatable bonds is 7. The average Bonchev–Trinajstić information content (AvgIpc) is 2.51. The van der Waals surface area contributed by atoms with E-state index >= 15 is 0 Å². The van der Waals surface area contributed by atoms with Crippen molar-refractivity contribution in [3.05, 3.63) is 36.0 Å². The maximum atomic E-state index is 5.27. The summed E-state index contributed by atoms with van der Waals surface area (Å²) in [7, 11) is 3.81. The van der Waals surface area contributed by atoms with Crippen molar-refractivity contribution in [2.75, 3.05) is 32.2 Å². The highest BCUT2D eigenvalue weighted by Gasteiger charge is 2.15. The molecule has 0 spiro atoms. The molecular weight excluding hydrogens is 262 g/mol. The molecule has 4 nitrogen and oxygen atoms in total. The molecule has 1 aromatic carbocycles. The van der Waals surface area contributed by atoms with E-state index in [1.54, 1.807) is 7.11 Å². The van der Waals surface area contributed by atoms with Crippen LogP contribution in [-0.2, 0) is 11.3 Å². The van der Waals surface area contributed by atoms with Crippen LogP contribution >= 0.6 is 0 Å². The Bertz CT molecular complexity index is 585. The number of pyridine rings is 1. The van der Waals surface area contributed by atoms with E-state index in [1.165, 1.54) is 10.8 Å². The molecule has 1 aromatic heterocycles. The zero-order valence-corrected chi connectivity index (χ0v) is 13.4. The van der Waals surface area contributed by atoms with Crippen molar-refractivity contribution in [2.45, 2.75) is 26.4 Å². The number of anilines is 1. The number of benzene rings is 1. The van der Waals surface area contributed by atoms with E-state index in [4.69, 9.17) is 9.72 Å². The number of nitrogens with one attached hydrogen (secondary N) is 1. The zero-order chi connectivity index (χ0) is 15.2. The van der Waals surface area contributed by atoms with E-state index in [9.17, 15) is 0 Å². The summed E-state index contributed by atoms with van der Waals surface area (Å²) in [4.78, 5) is 7.05. The number of aromatic nitrogens is 1. The lowest BCUT2D eigenvalue weighted by Gasteiger charge is -2.27. The number of ether oxygens (including phenoxy) is 1. The minimum Gasteiger partial charge on any atom is -0.383 e. The van der Waals surface area contributed by atoms with Crippen LogP contribution in [0.5, 0.6) is 0 Å². The molecule has 1 heterocycles. The molecule has 1 atom stereocenters. The Balaban J connectivity index is 2.43. The van der Waals surface area contributed by atoms with E-state index in [1.807, 2.05) is 0 Å². The molecule has 2 rings (SSSR count). The lowest BCUT2D eigenvalue weighted by Crippen LogP contribution is -2.33. The zero-order valence-electron chi connectivity index (χ0n) is 13.4. The third-order valence-electron chi connectivity index (χ3n) is 3.73. The molecular formula is C17H25N3O. The van der Waals surface area contributed by atoms with Gasteiger partial charge in [-0.25, -0.2) is 4.98 Å². The second-order valence-corrected chi connectivity index (χ2v) is 5.35. The van der Waals surface area contributed by atoms with Crippen LogP contribution in [0.3, 0.4) is 0 Å². The molecule has 0 amide bonds. The third-order valence-corrected chi connectivity index (χ3v) is 3.73. The van der Waals surface area contributed by atoms with Gasteiger partial charge in [-0.05, 0) is 24.9 Å². The molecule has 4 heteroatoms. The smallest absolute Gasteiger partial charge is 0.136 e. The number of hydrogen-bond donors (Lipinski definition) is 1. The number of fused-ring (bicyclic) bond motifs is 1. The summed E-state index contributed by atoms with van der Waals surface area (Å²) in [6.07, 6.45) is 0. The number of likely N-dealkylation sites (N-methyl/N-ethyl adjacent to an activating group) is 1. The minimum atomic E-state index is 0.278. The predicted molar refractivity (Wildman–Crippen MR) is 88.9 cm³/mol. The van der Waals surface area contributed by atoms with Crippen molar-refractivity contribution in [3.63, 3.8) is 0 Å². The summed E-state index contributed by atoms with van der Waals surface area (Å²) in [6, 6.07) is 10.8. The van der Waals surface area contributed by atoms with Crippen LogP contribution in [0.15, 0.2) is 30.3 Å². The molecule has 0 saturated heterocycles. The van der Waals surface area contributed by atoms with Gasteiger partial charge in [0.1, 0.15) is 5.82 Å². The quantitative estimate of drug-likeness (QED) is 0.849. The van der Waals surface area contributed by atoms with Gasteiger partial charge in [0.2, 0.25) is 0 Å². The van der Waals surface area contributed by atoms with Crippen molar-refractivity contribution < 1.29 is 4.74 Å². The molecule has 1 N–H and O–H groups in total. The Kier molecular flexibility index (Phi) is 5.53. The highest BCUT2D eigenvalue weighted by atomic mass is 16.5. The molecule has 2 aromatic rings. The molecule has 0 fully saturated rings. The van der Waals surface area contributed by atoms with Gasteiger partial charge < -0.3 is 15.0 Å². The predicted octanol–water partition coefficient (Wildman–Crippen LogP) is 2.82. The van der Waals surface area contributed by atoms with Gasteiger partial charge in [-0.3, -0.25) is 0 Å². The third kappa shape index (κ3) is 3.71. The summed E-state index contributed by atoms with van der Waals surface area (Å²) in [5.41, 5.74) is 1.07. The number of nitrogens with zero attached hydrogens (tertiary/aromatic N) is 2. The maximum Gasteiger partial charge on any atom is 0.136 e. The lowest BCUT2D eigenvalue weighted by atomic mass is 10.1. The first kappa shape index (κ1) is 15.7. The summed E-state index contributed by atoms with van der Waals surface area (Å²) in [6.45, 7) is 6.68. The molecule has 1 unspecified atom stereocenters. The van der Waals surface area contributed by atoms with Crippen LogP contribution < -0.4 is 10.2 Å². The monoisotopic (exact) mass is 287 g/mol. The average molecular weight is 287 g/mol. The molecule has 0 saturated carbocycles. The number of methoxy groups -OCH3 is 1. The Morgan fingerprint density at radius 1 is 1.33 bits per heavy atom. The first-order chi connectivity index (χ1) is 10.2. The standard InChI is InChI=1S/C17H25N3O/c1-5-18-11-15-10-14-8-6-7-9-16(14)17(19-15)20(3)13(2)12-21-4/h6-10,13,18H,5,11-12H2,1-4H3. The second kappa shape index (κ2) is 7.38. The van der Waals surface area contributed by atoms with Gasteiger partial charge in [0.25, 0.3) is 0 Å². The van der Waals surface area contributed by atoms with Crippen LogP contribution in [0.4, 0.5) is 5.82 Å². The van der Waals surface area contributed by atoms with E-state index in [0.717, 1.165) is 24.6 Å². The lowest BCUT2D eigenvalue weighted by molar-refractivity contribution is 0.183. The first-order valence-electron chi connectivity index (χ1n) is 7.48. The highest BCUT2D eigenvalue weighted by Crippen LogP contribution is 2.26. The van der Waals surface area contributed by atoms with Gasteiger partial charge in [-0.2, -0.15) is 0 Å². The Hall–Kier alpha value is -1.65. The molecule has 0 radical (unpaired) electrons. The summed E-state index contributed by atoms with van der Waals surface area (Å²) >= 11 is 0. The summed E-state index contributed by atoms with van der Waals surface area (Å²) in [5.74, 6) is 1.02. The van der Waals surface area contributed by atoms with Gasteiger partial charge in [-0.1, -0.05) is 31.2 Å². The van der Waals surface area contributed by atoms with Gasteiger partial charge in [0.15, 0.2) is 0 Å². The van der Waals surface area contributed by atoms with Gasteiger partial charge in [-0.15, -0.1) is 0 Å². The fraction of sp³-hybridized carbons (Fsp3) is 0.471. The fourth-order valence-corrected chi connectivity index (χ4v) is 2.41. The second-order valence-electron chi connectivity index (χ2n) is 5.35. The molecule has 0 bridgehead atoms. The summed E-state index contributed by atoms with van der Waals surface area (Å²) < 4.78 is 5.27. The van der Waals surface area contributed by atoms with Gasteiger partial charge in [0, 0.05) is 26.1 Å². The van der Waals surface area contributed by atoms with Crippen LogP contribution in [0.1, 0.15) is 19.5 Å². The van der Waals surface area contributed by atoms with Crippen LogP contribution in [0.2, 0.25) is 0 Å². The molecule has 0 aliphatic rings. The van der Waals surface area contributed by atoms with Crippen LogP contribution in [-0.4, -0.2) is 38.3 Å². The molecule has 114 valence electrons. The van der Waals surface area contributed by atoms with Crippen LogP contribution in [0.25, 0.3) is 10.8 Å². The van der Waals surface area contributed by atoms with Gasteiger partial charge >= 0.3 is 0 Å². The van der Waals surface area contributed by atoms with Crippen molar-refractivity contribution >= 4 is 16.6 Å². The normalized spacial score (nSPS) is 12.6. The number of hydrogen-bond acceptors (Lipinski definition) is 4. The van der Waals surface area contributed by atoms with E-state index < -0.39 is 0 Å². The summed E-state index contributed by atoms with van der Waals surface area (Å²) in [5, 5.41) is 5.76. The fourth-order valence-electron chi connectivity index (χ4n) is 2.41. The molecule has 0 aliphatic carbocycles. The minimum absolute atomic E-state index is 0.278. The molecule has 0 aliphatic heterocycles. The van der Waals surface area contributed by atoms with E-state index in [2.05, 4.69) is 61.4 Å². The van der Waals surface area contributed by atoms with Crippen molar-refractivity contribution in [3.8, 4) is 0 Å². The topological polar surface area (TPSA) is 37.4 Å².